The molecular weight excluding hydrogens is 379 g/mol. The third-order valence-electron chi connectivity index (χ3n) is 4.92. The van der Waals surface area contributed by atoms with Crippen LogP contribution in [0.4, 0.5) is 4.39 Å². The second-order valence-electron chi connectivity index (χ2n) is 7.04. The van der Waals surface area contributed by atoms with Gasteiger partial charge in [0.05, 0.1) is 11.6 Å². The van der Waals surface area contributed by atoms with Crippen molar-refractivity contribution in [2.75, 3.05) is 26.2 Å². The Morgan fingerprint density at radius 2 is 1.96 bits per heavy atom. The predicted octanol–water partition coefficient (Wildman–Crippen LogP) is 4.55. The lowest BCUT2D eigenvalue weighted by Crippen LogP contribution is -2.33. The van der Waals surface area contributed by atoms with Crippen LogP contribution in [0.25, 0.3) is 0 Å². The average Bonchev–Trinajstić information content (AvgIpc) is 2.70. The van der Waals surface area contributed by atoms with Crippen LogP contribution in [0.5, 0.6) is 11.5 Å². The normalized spacial score (nSPS) is 14.8. The zero-order valence-corrected chi connectivity index (χ0v) is 17.0. The van der Waals surface area contributed by atoms with Crippen molar-refractivity contribution in [3.63, 3.8) is 0 Å². The fourth-order valence-electron chi connectivity index (χ4n) is 3.40. The number of rotatable bonds is 9. The van der Waals surface area contributed by atoms with Gasteiger partial charge in [0.1, 0.15) is 12.4 Å². The Balaban J connectivity index is 1.64. The van der Waals surface area contributed by atoms with E-state index >= 15 is 0 Å². The molecule has 2 aromatic rings. The number of ether oxygens (including phenoxy) is 2. The lowest BCUT2D eigenvalue weighted by Gasteiger charge is -2.23. The molecule has 0 bridgehead atoms. The van der Waals surface area contributed by atoms with Crippen LogP contribution in [0.2, 0.25) is 5.02 Å². The fourth-order valence-corrected chi connectivity index (χ4v) is 3.69. The minimum absolute atomic E-state index is 0.0970. The Labute approximate surface area is 171 Å². The Kier molecular flexibility index (Phi) is 7.95. The molecule has 152 valence electrons. The van der Waals surface area contributed by atoms with E-state index in [1.54, 1.807) is 18.2 Å². The molecule has 1 fully saturated rings. The molecule has 1 aliphatic rings. The van der Waals surface area contributed by atoms with Crippen molar-refractivity contribution in [3.8, 4) is 11.5 Å². The molecule has 4 nitrogen and oxygen atoms in total. The van der Waals surface area contributed by atoms with E-state index in [1.165, 1.54) is 18.9 Å². The van der Waals surface area contributed by atoms with Crippen molar-refractivity contribution in [3.05, 3.63) is 58.4 Å². The molecule has 0 amide bonds. The maximum Gasteiger partial charge on any atom is 0.180 e. The van der Waals surface area contributed by atoms with Crippen molar-refractivity contribution in [2.45, 2.75) is 32.9 Å². The predicted molar refractivity (Wildman–Crippen MR) is 111 cm³/mol. The first-order chi connectivity index (χ1) is 13.7. The number of benzene rings is 2. The molecule has 0 radical (unpaired) electrons. The lowest BCUT2D eigenvalue weighted by molar-refractivity contribution is 0.265. The molecule has 0 saturated carbocycles. The van der Waals surface area contributed by atoms with Crippen LogP contribution >= 0.6 is 11.6 Å². The van der Waals surface area contributed by atoms with E-state index in [0.717, 1.165) is 31.7 Å². The first-order valence-corrected chi connectivity index (χ1v) is 10.3. The van der Waals surface area contributed by atoms with E-state index in [-0.39, 0.29) is 12.4 Å². The van der Waals surface area contributed by atoms with Gasteiger partial charge in [-0.25, -0.2) is 4.39 Å². The quantitative estimate of drug-likeness (QED) is 0.641. The second kappa shape index (κ2) is 10.6. The van der Waals surface area contributed by atoms with Gasteiger partial charge in [0.15, 0.2) is 11.5 Å². The molecule has 0 unspecified atom stereocenters. The molecule has 0 aliphatic carbocycles. The third-order valence-corrected chi connectivity index (χ3v) is 5.20. The highest BCUT2D eigenvalue weighted by Crippen LogP contribution is 2.37. The van der Waals surface area contributed by atoms with Crippen LogP contribution in [0.3, 0.4) is 0 Å². The minimum atomic E-state index is -0.296. The highest BCUT2D eigenvalue weighted by atomic mass is 35.5. The number of halogens is 2. The first kappa shape index (κ1) is 20.9. The van der Waals surface area contributed by atoms with Crippen LogP contribution in [0, 0.1) is 11.7 Å². The van der Waals surface area contributed by atoms with Crippen LogP contribution in [-0.2, 0) is 13.2 Å². The highest BCUT2D eigenvalue weighted by Gasteiger charge is 2.15. The molecule has 1 aliphatic heterocycles. The molecule has 6 heteroatoms. The van der Waals surface area contributed by atoms with Gasteiger partial charge in [-0.3, -0.25) is 0 Å². The van der Waals surface area contributed by atoms with Gasteiger partial charge in [-0.1, -0.05) is 29.8 Å². The minimum Gasteiger partial charge on any atom is -0.490 e. The standard InChI is InChI=1S/C22H28ClFN2O2/c1-2-27-21-12-17(14-26-13-16-7-9-25-10-8-16)11-19(23)22(21)28-15-18-5-3-4-6-20(18)24/h3-6,11-12,16,25-26H,2,7-10,13-15H2,1H3. The molecule has 2 N–H and O–H groups in total. The van der Waals surface area contributed by atoms with Gasteiger partial charge in [0.25, 0.3) is 0 Å². The fraction of sp³-hybridized carbons (Fsp3) is 0.455. The summed E-state index contributed by atoms with van der Waals surface area (Å²) in [5, 5.41) is 7.38. The van der Waals surface area contributed by atoms with E-state index in [9.17, 15) is 4.39 Å². The molecule has 0 aromatic heterocycles. The third kappa shape index (κ3) is 5.84. The average molecular weight is 407 g/mol. The topological polar surface area (TPSA) is 42.5 Å². The maximum absolute atomic E-state index is 13.8. The molecule has 3 rings (SSSR count). The summed E-state index contributed by atoms with van der Waals surface area (Å²) < 4.78 is 25.4. The molecule has 0 spiro atoms. The van der Waals surface area contributed by atoms with Gasteiger partial charge < -0.3 is 20.1 Å². The summed E-state index contributed by atoms with van der Waals surface area (Å²) >= 11 is 6.47. The van der Waals surface area contributed by atoms with E-state index in [2.05, 4.69) is 10.6 Å². The van der Waals surface area contributed by atoms with Gasteiger partial charge in [-0.2, -0.15) is 0 Å². The van der Waals surface area contributed by atoms with E-state index in [1.807, 2.05) is 19.1 Å². The molecule has 1 saturated heterocycles. The smallest absolute Gasteiger partial charge is 0.180 e. The summed E-state index contributed by atoms with van der Waals surface area (Å²) in [7, 11) is 0. The molecule has 0 atom stereocenters. The number of nitrogens with one attached hydrogen (secondary N) is 2. The van der Waals surface area contributed by atoms with E-state index in [4.69, 9.17) is 21.1 Å². The van der Waals surface area contributed by atoms with E-state index < -0.39 is 0 Å². The first-order valence-electron chi connectivity index (χ1n) is 9.90. The largest absolute Gasteiger partial charge is 0.490 e. The molecular formula is C22H28ClFN2O2. The summed E-state index contributed by atoms with van der Waals surface area (Å²) in [6.45, 7) is 6.42. The summed E-state index contributed by atoms with van der Waals surface area (Å²) in [5.74, 6) is 1.46. The van der Waals surface area contributed by atoms with Crippen molar-refractivity contribution >= 4 is 11.6 Å². The molecule has 2 aromatic carbocycles. The molecule has 28 heavy (non-hydrogen) atoms. The SMILES string of the molecule is CCOc1cc(CNCC2CCNCC2)cc(Cl)c1OCc1ccccc1F. The number of hydrogen-bond acceptors (Lipinski definition) is 4. The lowest BCUT2D eigenvalue weighted by atomic mass is 9.98. The zero-order chi connectivity index (χ0) is 19.8. The van der Waals surface area contributed by atoms with Crippen LogP contribution < -0.4 is 20.1 Å². The van der Waals surface area contributed by atoms with Crippen LogP contribution in [0.1, 0.15) is 30.9 Å². The van der Waals surface area contributed by atoms with Gasteiger partial charge in [-0.05, 0) is 69.1 Å². The van der Waals surface area contributed by atoms with Crippen molar-refractivity contribution in [2.24, 2.45) is 5.92 Å². The Bertz CT molecular complexity index is 766. The van der Waals surface area contributed by atoms with Gasteiger partial charge in [0.2, 0.25) is 0 Å². The van der Waals surface area contributed by atoms with Crippen LogP contribution in [0.15, 0.2) is 36.4 Å². The Morgan fingerprint density at radius 3 is 2.71 bits per heavy atom. The Morgan fingerprint density at radius 1 is 1.18 bits per heavy atom. The maximum atomic E-state index is 13.8. The van der Waals surface area contributed by atoms with Gasteiger partial charge in [-0.15, -0.1) is 0 Å². The van der Waals surface area contributed by atoms with E-state index in [0.29, 0.717) is 34.6 Å². The summed E-state index contributed by atoms with van der Waals surface area (Å²) in [6, 6.07) is 10.4. The monoisotopic (exact) mass is 406 g/mol. The summed E-state index contributed by atoms with van der Waals surface area (Å²) in [5.41, 5.74) is 1.52. The summed E-state index contributed by atoms with van der Waals surface area (Å²) in [4.78, 5) is 0. The zero-order valence-electron chi connectivity index (χ0n) is 16.3. The van der Waals surface area contributed by atoms with Crippen LogP contribution in [-0.4, -0.2) is 26.2 Å². The van der Waals surface area contributed by atoms with Gasteiger partial charge in [0, 0.05) is 12.1 Å². The number of piperidine rings is 1. The van der Waals surface area contributed by atoms with Crippen molar-refractivity contribution in [1.29, 1.82) is 0 Å². The van der Waals surface area contributed by atoms with Crippen molar-refractivity contribution in [1.82, 2.24) is 10.6 Å². The number of hydrogen-bond donors (Lipinski definition) is 2. The highest BCUT2D eigenvalue weighted by molar-refractivity contribution is 6.32. The second-order valence-corrected chi connectivity index (χ2v) is 7.45. The van der Waals surface area contributed by atoms with Gasteiger partial charge >= 0.3 is 0 Å². The molecule has 1 heterocycles. The Hall–Kier alpha value is -1.82. The summed E-state index contributed by atoms with van der Waals surface area (Å²) in [6.07, 6.45) is 2.42. The van der Waals surface area contributed by atoms with Crippen molar-refractivity contribution < 1.29 is 13.9 Å².